The Labute approximate surface area is 133 Å². The van der Waals surface area contributed by atoms with Crippen LogP contribution in [0.5, 0.6) is 11.5 Å². The first kappa shape index (κ1) is 15.0. The number of benzene rings is 2. The molecule has 0 aliphatic carbocycles. The Morgan fingerprint density at radius 1 is 1.10 bits per heavy atom. The van der Waals surface area contributed by atoms with Gasteiger partial charge >= 0.3 is 0 Å². The lowest BCUT2D eigenvalue weighted by Gasteiger charge is -2.12. The maximum Gasteiger partial charge on any atom is 0.161 e. The summed E-state index contributed by atoms with van der Waals surface area (Å²) in [7, 11) is 1.66. The summed E-state index contributed by atoms with van der Waals surface area (Å²) in [5.41, 5.74) is 2.27. The molecule has 20 heavy (non-hydrogen) atoms. The van der Waals surface area contributed by atoms with E-state index in [9.17, 15) is 0 Å². The fraction of sp³-hybridized carbons (Fsp3) is 0.250. The van der Waals surface area contributed by atoms with Crippen LogP contribution in [-0.4, -0.2) is 13.7 Å². The molecule has 0 bridgehead atoms. The van der Waals surface area contributed by atoms with Gasteiger partial charge in [-0.1, -0.05) is 12.1 Å². The van der Waals surface area contributed by atoms with Crippen molar-refractivity contribution in [2.45, 2.75) is 13.5 Å². The molecular formula is C16H18INO2. The van der Waals surface area contributed by atoms with E-state index in [1.54, 1.807) is 7.11 Å². The molecule has 106 valence electrons. The molecule has 0 aliphatic heterocycles. The molecule has 2 aromatic rings. The Hall–Kier alpha value is -1.43. The van der Waals surface area contributed by atoms with Crippen molar-refractivity contribution in [3.8, 4) is 11.5 Å². The molecule has 0 spiro atoms. The molecule has 3 nitrogen and oxygen atoms in total. The number of anilines is 1. The van der Waals surface area contributed by atoms with E-state index < -0.39 is 0 Å². The third kappa shape index (κ3) is 4.03. The first-order valence-corrected chi connectivity index (χ1v) is 7.60. The van der Waals surface area contributed by atoms with E-state index in [0.717, 1.165) is 29.3 Å². The third-order valence-electron chi connectivity index (χ3n) is 2.85. The Morgan fingerprint density at radius 2 is 1.95 bits per heavy atom. The van der Waals surface area contributed by atoms with E-state index in [-0.39, 0.29) is 0 Å². The van der Waals surface area contributed by atoms with Gasteiger partial charge in [-0.3, -0.25) is 0 Å². The van der Waals surface area contributed by atoms with Crippen molar-refractivity contribution in [2.24, 2.45) is 0 Å². The number of ether oxygens (including phenoxy) is 2. The summed E-state index contributed by atoms with van der Waals surface area (Å²) in [6.45, 7) is 3.35. The van der Waals surface area contributed by atoms with Crippen molar-refractivity contribution >= 4 is 28.3 Å². The van der Waals surface area contributed by atoms with Crippen molar-refractivity contribution in [3.63, 3.8) is 0 Å². The van der Waals surface area contributed by atoms with E-state index >= 15 is 0 Å². The first-order valence-electron chi connectivity index (χ1n) is 6.52. The highest BCUT2D eigenvalue weighted by Crippen LogP contribution is 2.28. The Bertz CT molecular complexity index is 572. The molecule has 0 atom stereocenters. The van der Waals surface area contributed by atoms with Gasteiger partial charge in [0, 0.05) is 15.8 Å². The predicted molar refractivity (Wildman–Crippen MR) is 90.6 cm³/mol. The van der Waals surface area contributed by atoms with Crippen molar-refractivity contribution in [1.82, 2.24) is 0 Å². The fourth-order valence-corrected chi connectivity index (χ4v) is 2.44. The molecular weight excluding hydrogens is 365 g/mol. The molecule has 2 aromatic carbocycles. The summed E-state index contributed by atoms with van der Waals surface area (Å²) in [6.07, 6.45) is 0. The maximum atomic E-state index is 5.51. The molecule has 0 radical (unpaired) electrons. The number of hydrogen-bond donors (Lipinski definition) is 1. The van der Waals surface area contributed by atoms with Gasteiger partial charge in [0.05, 0.1) is 13.7 Å². The van der Waals surface area contributed by atoms with E-state index in [0.29, 0.717) is 6.61 Å². The molecule has 1 N–H and O–H groups in total. The average molecular weight is 383 g/mol. The highest BCUT2D eigenvalue weighted by atomic mass is 127. The summed E-state index contributed by atoms with van der Waals surface area (Å²) in [5.74, 6) is 1.56. The lowest BCUT2D eigenvalue weighted by Crippen LogP contribution is -2.01. The molecule has 0 saturated carbocycles. The van der Waals surface area contributed by atoms with Crippen LogP contribution in [0, 0.1) is 3.57 Å². The zero-order valence-electron chi connectivity index (χ0n) is 11.7. The van der Waals surface area contributed by atoms with Crippen LogP contribution in [0.1, 0.15) is 12.5 Å². The normalized spacial score (nSPS) is 10.2. The quantitative estimate of drug-likeness (QED) is 0.755. The smallest absolute Gasteiger partial charge is 0.161 e. The largest absolute Gasteiger partial charge is 0.493 e. The van der Waals surface area contributed by atoms with Crippen molar-refractivity contribution in [1.29, 1.82) is 0 Å². The highest BCUT2D eigenvalue weighted by molar-refractivity contribution is 14.1. The Kier molecular flexibility index (Phi) is 5.52. The van der Waals surface area contributed by atoms with Gasteiger partial charge in [0.25, 0.3) is 0 Å². The second-order valence-corrected chi connectivity index (χ2v) is 5.53. The van der Waals surface area contributed by atoms with Crippen LogP contribution in [0.2, 0.25) is 0 Å². The van der Waals surface area contributed by atoms with Crippen LogP contribution in [0.15, 0.2) is 42.5 Å². The van der Waals surface area contributed by atoms with Gasteiger partial charge in [-0.25, -0.2) is 0 Å². The molecule has 0 unspecified atom stereocenters. The van der Waals surface area contributed by atoms with Crippen molar-refractivity contribution in [2.75, 3.05) is 19.0 Å². The van der Waals surface area contributed by atoms with E-state index in [2.05, 4.69) is 52.2 Å². The number of halogens is 1. The summed E-state index contributed by atoms with van der Waals surface area (Å²) in [4.78, 5) is 0. The average Bonchev–Trinajstić information content (AvgIpc) is 2.46. The summed E-state index contributed by atoms with van der Waals surface area (Å²) in [6, 6.07) is 14.3. The van der Waals surface area contributed by atoms with Crippen LogP contribution in [0.4, 0.5) is 5.69 Å². The first-order chi connectivity index (χ1) is 9.72. The SMILES string of the molecule is CCOc1ccc(CNc2cccc(I)c2)cc1OC. The molecule has 0 saturated heterocycles. The van der Waals surface area contributed by atoms with Crippen LogP contribution in [0.3, 0.4) is 0 Å². The van der Waals surface area contributed by atoms with Gasteiger partial charge in [-0.2, -0.15) is 0 Å². The van der Waals surface area contributed by atoms with E-state index in [1.165, 1.54) is 3.57 Å². The summed E-state index contributed by atoms with van der Waals surface area (Å²) < 4.78 is 12.1. The zero-order valence-corrected chi connectivity index (χ0v) is 13.8. The number of rotatable bonds is 6. The molecule has 4 heteroatoms. The number of methoxy groups -OCH3 is 1. The second kappa shape index (κ2) is 7.38. The van der Waals surface area contributed by atoms with Gasteiger partial charge in [0.1, 0.15) is 0 Å². The highest BCUT2D eigenvalue weighted by Gasteiger charge is 2.05. The minimum Gasteiger partial charge on any atom is -0.493 e. The van der Waals surface area contributed by atoms with Crippen LogP contribution < -0.4 is 14.8 Å². The molecule has 0 amide bonds. The van der Waals surface area contributed by atoms with Gasteiger partial charge < -0.3 is 14.8 Å². The summed E-state index contributed by atoms with van der Waals surface area (Å²) in [5, 5.41) is 3.40. The molecule has 0 fully saturated rings. The third-order valence-corrected chi connectivity index (χ3v) is 3.52. The fourth-order valence-electron chi connectivity index (χ4n) is 1.90. The van der Waals surface area contributed by atoms with Gasteiger partial charge in [-0.05, 0) is 65.4 Å². The standard InChI is InChI=1S/C16H18INO2/c1-3-20-15-8-7-12(9-16(15)19-2)11-18-14-6-4-5-13(17)10-14/h4-10,18H,3,11H2,1-2H3. The minimum atomic E-state index is 0.635. The van der Waals surface area contributed by atoms with Gasteiger partial charge in [0.2, 0.25) is 0 Å². The van der Waals surface area contributed by atoms with Gasteiger partial charge in [0.15, 0.2) is 11.5 Å². The van der Waals surface area contributed by atoms with E-state index in [4.69, 9.17) is 9.47 Å². The van der Waals surface area contributed by atoms with Crippen LogP contribution in [-0.2, 0) is 6.54 Å². The molecule has 0 aromatic heterocycles. The second-order valence-electron chi connectivity index (χ2n) is 4.28. The zero-order chi connectivity index (χ0) is 14.4. The predicted octanol–water partition coefficient (Wildman–Crippen LogP) is 4.31. The van der Waals surface area contributed by atoms with Crippen LogP contribution >= 0.6 is 22.6 Å². The molecule has 0 aliphatic rings. The maximum absolute atomic E-state index is 5.51. The van der Waals surface area contributed by atoms with Gasteiger partial charge in [-0.15, -0.1) is 0 Å². The molecule has 0 heterocycles. The lowest BCUT2D eigenvalue weighted by atomic mass is 10.2. The lowest BCUT2D eigenvalue weighted by molar-refractivity contribution is 0.310. The summed E-state index contributed by atoms with van der Waals surface area (Å²) >= 11 is 2.31. The minimum absolute atomic E-state index is 0.635. The Morgan fingerprint density at radius 3 is 2.65 bits per heavy atom. The van der Waals surface area contributed by atoms with Crippen LogP contribution in [0.25, 0.3) is 0 Å². The molecule has 2 rings (SSSR count). The number of hydrogen-bond acceptors (Lipinski definition) is 3. The van der Waals surface area contributed by atoms with Crippen molar-refractivity contribution in [3.05, 3.63) is 51.6 Å². The number of nitrogens with one attached hydrogen (secondary N) is 1. The Balaban J connectivity index is 2.06. The van der Waals surface area contributed by atoms with Crippen molar-refractivity contribution < 1.29 is 9.47 Å². The van der Waals surface area contributed by atoms with E-state index in [1.807, 2.05) is 25.1 Å². The monoisotopic (exact) mass is 383 g/mol. The topological polar surface area (TPSA) is 30.5 Å².